The Morgan fingerprint density at radius 3 is 2.63 bits per heavy atom. The Balaban J connectivity index is 1.97. The van der Waals surface area contributed by atoms with E-state index in [4.69, 9.17) is 4.74 Å². The van der Waals surface area contributed by atoms with Crippen molar-refractivity contribution in [1.29, 1.82) is 0 Å². The average molecular weight is 368 g/mol. The highest BCUT2D eigenvalue weighted by Crippen LogP contribution is 2.27. The number of aryl methyl sites for hydroxylation is 1. The Labute approximate surface area is 126 Å². The third-order valence-corrected chi connectivity index (χ3v) is 6.83. The van der Waals surface area contributed by atoms with Crippen LogP contribution in [0.3, 0.4) is 0 Å². The van der Waals surface area contributed by atoms with Gasteiger partial charge in [-0.05, 0) is 31.9 Å². The highest BCUT2D eigenvalue weighted by Gasteiger charge is 2.30. The molecule has 2 heterocycles. The molecule has 4 nitrogen and oxygen atoms in total. The maximum absolute atomic E-state index is 12.4. The molecule has 0 N–H and O–H groups in total. The zero-order valence-corrected chi connectivity index (χ0v) is 14.1. The molecular weight excluding hydrogens is 350 g/mol. The molecule has 1 aliphatic heterocycles. The summed E-state index contributed by atoms with van der Waals surface area (Å²) in [4.78, 5) is 1.02. The van der Waals surface area contributed by atoms with Gasteiger partial charge in [-0.15, -0.1) is 11.3 Å². The maximum Gasteiger partial charge on any atom is 0.252 e. The molecule has 0 radical (unpaired) electrons. The van der Waals surface area contributed by atoms with Crippen LogP contribution in [0.2, 0.25) is 0 Å². The summed E-state index contributed by atoms with van der Waals surface area (Å²) in [6.45, 7) is 3.70. The molecule has 1 aromatic heterocycles. The fourth-order valence-electron chi connectivity index (χ4n) is 2.13. The summed E-state index contributed by atoms with van der Waals surface area (Å²) in [5.74, 6) is 0. The van der Waals surface area contributed by atoms with E-state index in [0.717, 1.165) is 23.0 Å². The predicted molar refractivity (Wildman–Crippen MR) is 80.6 cm³/mol. The zero-order valence-electron chi connectivity index (χ0n) is 10.8. The fourth-order valence-corrected chi connectivity index (χ4v) is 5.22. The van der Waals surface area contributed by atoms with Crippen LogP contribution in [0.15, 0.2) is 16.3 Å². The summed E-state index contributed by atoms with van der Waals surface area (Å²) in [5.41, 5.74) is 0. The lowest BCUT2D eigenvalue weighted by Crippen LogP contribution is -2.40. The number of nitrogens with zero attached hydrogens (tertiary/aromatic N) is 1. The summed E-state index contributed by atoms with van der Waals surface area (Å²) >= 11 is 4.66. The van der Waals surface area contributed by atoms with Crippen LogP contribution in [0.5, 0.6) is 0 Å². The van der Waals surface area contributed by atoms with Crippen LogP contribution in [0.4, 0.5) is 0 Å². The van der Waals surface area contributed by atoms with Gasteiger partial charge in [-0.25, -0.2) is 8.42 Å². The first-order valence-electron chi connectivity index (χ1n) is 6.28. The normalized spacial score (nSPS) is 18.8. The quantitative estimate of drug-likeness (QED) is 0.751. The van der Waals surface area contributed by atoms with E-state index in [1.807, 2.05) is 13.0 Å². The van der Waals surface area contributed by atoms with E-state index in [1.54, 1.807) is 10.4 Å². The minimum absolute atomic E-state index is 0.189. The van der Waals surface area contributed by atoms with Crippen LogP contribution in [-0.4, -0.2) is 43.9 Å². The summed E-state index contributed by atoms with van der Waals surface area (Å²) in [6.07, 6.45) is 1.74. The standard InChI is InChI=1S/C12H18BrNO3S2/c1-10-2-3-12(18-10)19(15,16)14-7-4-11(5-8-14)17-9-6-13/h2-3,11H,4-9H2,1H3. The van der Waals surface area contributed by atoms with Gasteiger partial charge in [0.15, 0.2) is 0 Å². The number of piperidine rings is 1. The molecule has 0 aromatic carbocycles. The highest BCUT2D eigenvalue weighted by atomic mass is 79.9. The number of ether oxygens (including phenoxy) is 1. The van der Waals surface area contributed by atoms with E-state index in [1.165, 1.54) is 11.3 Å². The lowest BCUT2D eigenvalue weighted by atomic mass is 10.1. The molecule has 0 unspecified atom stereocenters. The molecule has 2 rings (SSSR count). The highest BCUT2D eigenvalue weighted by molar-refractivity contribution is 9.09. The van der Waals surface area contributed by atoms with Crippen LogP contribution in [0, 0.1) is 6.92 Å². The smallest absolute Gasteiger partial charge is 0.252 e. The molecule has 0 spiro atoms. The molecule has 7 heteroatoms. The van der Waals surface area contributed by atoms with E-state index in [-0.39, 0.29) is 6.10 Å². The van der Waals surface area contributed by atoms with E-state index in [9.17, 15) is 8.42 Å². The molecule has 108 valence electrons. The number of sulfonamides is 1. The number of hydrogen-bond donors (Lipinski definition) is 0. The molecule has 0 amide bonds. The molecule has 1 aromatic rings. The van der Waals surface area contributed by atoms with Gasteiger partial charge in [0.25, 0.3) is 10.0 Å². The number of halogens is 1. The number of hydrogen-bond acceptors (Lipinski definition) is 4. The van der Waals surface area contributed by atoms with Crippen molar-refractivity contribution >= 4 is 37.3 Å². The third kappa shape index (κ3) is 3.78. The number of rotatable bonds is 5. The molecule has 1 fully saturated rings. The van der Waals surface area contributed by atoms with Gasteiger partial charge in [0.1, 0.15) is 4.21 Å². The SMILES string of the molecule is Cc1ccc(S(=O)(=O)N2CCC(OCCBr)CC2)s1. The Bertz CT molecular complexity index is 507. The largest absolute Gasteiger partial charge is 0.377 e. The summed E-state index contributed by atoms with van der Waals surface area (Å²) in [5, 5.41) is 0.819. The van der Waals surface area contributed by atoms with Crippen LogP contribution in [0.1, 0.15) is 17.7 Å². The second-order valence-electron chi connectivity index (χ2n) is 4.53. The molecule has 0 saturated carbocycles. The van der Waals surface area contributed by atoms with E-state index in [2.05, 4.69) is 15.9 Å². The van der Waals surface area contributed by atoms with Crippen molar-refractivity contribution < 1.29 is 13.2 Å². The second kappa shape index (κ2) is 6.67. The predicted octanol–water partition coefficient (Wildman–Crippen LogP) is 2.62. The van der Waals surface area contributed by atoms with E-state index in [0.29, 0.717) is 23.9 Å². The van der Waals surface area contributed by atoms with Crippen molar-refractivity contribution in [3.05, 3.63) is 17.0 Å². The van der Waals surface area contributed by atoms with Crippen LogP contribution in [0.25, 0.3) is 0 Å². The van der Waals surface area contributed by atoms with Crippen molar-refractivity contribution in [3.63, 3.8) is 0 Å². The van der Waals surface area contributed by atoms with Crippen LogP contribution in [-0.2, 0) is 14.8 Å². The first-order valence-corrected chi connectivity index (χ1v) is 9.66. The van der Waals surface area contributed by atoms with Crippen molar-refractivity contribution in [2.45, 2.75) is 30.1 Å². The molecule has 0 atom stereocenters. The number of alkyl halides is 1. The van der Waals surface area contributed by atoms with Gasteiger partial charge in [-0.1, -0.05) is 15.9 Å². The van der Waals surface area contributed by atoms with Crippen molar-refractivity contribution in [1.82, 2.24) is 4.31 Å². The molecular formula is C12H18BrNO3S2. The average Bonchev–Trinajstić information content (AvgIpc) is 2.84. The first-order chi connectivity index (χ1) is 9.04. The fraction of sp³-hybridized carbons (Fsp3) is 0.667. The van der Waals surface area contributed by atoms with E-state index < -0.39 is 10.0 Å². The molecule has 0 bridgehead atoms. The van der Waals surface area contributed by atoms with Gasteiger partial charge in [-0.2, -0.15) is 4.31 Å². The van der Waals surface area contributed by atoms with Crippen molar-refractivity contribution in [3.8, 4) is 0 Å². The Morgan fingerprint density at radius 1 is 1.42 bits per heavy atom. The van der Waals surface area contributed by atoms with Gasteiger partial charge < -0.3 is 4.74 Å². The lowest BCUT2D eigenvalue weighted by Gasteiger charge is -2.30. The first kappa shape index (κ1) is 15.4. The Kier molecular flexibility index (Phi) is 5.42. The van der Waals surface area contributed by atoms with Crippen molar-refractivity contribution in [2.75, 3.05) is 25.0 Å². The third-order valence-electron chi connectivity index (χ3n) is 3.14. The summed E-state index contributed by atoms with van der Waals surface area (Å²) < 4.78 is 32.5. The maximum atomic E-state index is 12.4. The Hall–Kier alpha value is 0.0500. The molecule has 1 saturated heterocycles. The lowest BCUT2D eigenvalue weighted by molar-refractivity contribution is 0.0309. The minimum atomic E-state index is -3.30. The van der Waals surface area contributed by atoms with Crippen LogP contribution < -0.4 is 0 Å². The second-order valence-corrected chi connectivity index (χ2v) is 8.77. The minimum Gasteiger partial charge on any atom is -0.377 e. The van der Waals surface area contributed by atoms with E-state index >= 15 is 0 Å². The van der Waals surface area contributed by atoms with Gasteiger partial charge in [0, 0.05) is 23.3 Å². The molecule has 1 aliphatic rings. The van der Waals surface area contributed by atoms with Crippen molar-refractivity contribution in [2.24, 2.45) is 0 Å². The Morgan fingerprint density at radius 2 is 2.11 bits per heavy atom. The molecule has 19 heavy (non-hydrogen) atoms. The van der Waals surface area contributed by atoms with Gasteiger partial charge in [0.05, 0.1) is 12.7 Å². The monoisotopic (exact) mass is 367 g/mol. The summed E-state index contributed by atoms with van der Waals surface area (Å²) in [7, 11) is -3.30. The molecule has 0 aliphatic carbocycles. The zero-order chi connectivity index (χ0) is 13.9. The van der Waals surface area contributed by atoms with Gasteiger partial charge >= 0.3 is 0 Å². The van der Waals surface area contributed by atoms with Gasteiger partial charge in [0.2, 0.25) is 0 Å². The summed E-state index contributed by atoms with van der Waals surface area (Å²) in [6, 6.07) is 3.55. The van der Waals surface area contributed by atoms with Crippen LogP contribution >= 0.6 is 27.3 Å². The number of thiophene rings is 1. The van der Waals surface area contributed by atoms with Gasteiger partial charge in [-0.3, -0.25) is 0 Å². The topological polar surface area (TPSA) is 46.6 Å².